The van der Waals surface area contributed by atoms with E-state index < -0.39 is 0 Å². The molecule has 7 heteroatoms. The van der Waals surface area contributed by atoms with Crippen molar-refractivity contribution in [2.24, 2.45) is 0 Å². The van der Waals surface area contributed by atoms with Gasteiger partial charge in [-0.1, -0.05) is 48.5 Å². The number of rotatable bonds is 4. The normalized spacial score (nSPS) is 11.5. The number of nitrogens with zero attached hydrogens (tertiary/aromatic N) is 5. The zero-order valence-corrected chi connectivity index (χ0v) is 28.5. The monoisotopic (exact) mass is 685 g/mol. The molecule has 0 unspecified atom stereocenters. The second-order valence-corrected chi connectivity index (χ2v) is 14.5. The van der Waals surface area contributed by atoms with Gasteiger partial charge in [0.25, 0.3) is 0 Å². The third-order valence-corrected chi connectivity index (χ3v) is 11.6. The molecule has 51 heavy (non-hydrogen) atoms. The van der Waals surface area contributed by atoms with Crippen LogP contribution in [0, 0.1) is 17.9 Å². The SMILES string of the molecule is [C-]#[N+]c1cc(C#N)cc(-c2cc(-n3c4ccc(-c5nc6ccccc6s5)cc4c4cc(-c5nc6ccccc6s5)ccc43)cc3ccccc23)c1. The lowest BCUT2D eigenvalue weighted by Gasteiger charge is -2.14. The lowest BCUT2D eigenvalue weighted by molar-refractivity contribution is 1.19. The summed E-state index contributed by atoms with van der Waals surface area (Å²) in [6.07, 6.45) is 0. The molecule has 7 aromatic carbocycles. The van der Waals surface area contributed by atoms with Crippen molar-refractivity contribution in [1.82, 2.24) is 14.5 Å². The fraction of sp³-hybridized carbons (Fsp3) is 0. The van der Waals surface area contributed by atoms with E-state index in [9.17, 15) is 5.26 Å². The summed E-state index contributed by atoms with van der Waals surface area (Å²) in [6, 6.07) is 50.2. The minimum atomic E-state index is 0.445. The number of nitriles is 1. The van der Waals surface area contributed by atoms with Gasteiger partial charge in [-0.25, -0.2) is 14.8 Å². The van der Waals surface area contributed by atoms with Crippen molar-refractivity contribution >= 4 is 81.4 Å². The molecule has 0 saturated carbocycles. The molecule has 0 bridgehead atoms. The van der Waals surface area contributed by atoms with Gasteiger partial charge in [0.1, 0.15) is 10.0 Å². The van der Waals surface area contributed by atoms with Gasteiger partial charge < -0.3 is 4.57 Å². The highest BCUT2D eigenvalue weighted by atomic mass is 32.1. The summed E-state index contributed by atoms with van der Waals surface area (Å²) in [4.78, 5) is 13.7. The van der Waals surface area contributed by atoms with E-state index in [-0.39, 0.29) is 0 Å². The number of hydrogen-bond donors (Lipinski definition) is 0. The molecule has 236 valence electrons. The molecular formula is C44H23N5S2. The first-order valence-electron chi connectivity index (χ1n) is 16.4. The molecule has 3 aromatic heterocycles. The summed E-state index contributed by atoms with van der Waals surface area (Å²) in [5.41, 5.74) is 10.0. The van der Waals surface area contributed by atoms with Crippen LogP contribution in [0.3, 0.4) is 0 Å². The lowest BCUT2D eigenvalue weighted by Crippen LogP contribution is -1.96. The second kappa shape index (κ2) is 11.5. The quantitative estimate of drug-likeness (QED) is 0.173. The molecule has 0 N–H and O–H groups in total. The van der Waals surface area contributed by atoms with Gasteiger partial charge >= 0.3 is 0 Å². The van der Waals surface area contributed by atoms with Crippen LogP contribution in [0.4, 0.5) is 5.69 Å². The second-order valence-electron chi connectivity index (χ2n) is 12.5. The van der Waals surface area contributed by atoms with Crippen LogP contribution in [0.1, 0.15) is 5.56 Å². The van der Waals surface area contributed by atoms with Crippen molar-refractivity contribution in [2.45, 2.75) is 0 Å². The Kier molecular flexibility index (Phi) is 6.59. The highest BCUT2D eigenvalue weighted by Gasteiger charge is 2.19. The van der Waals surface area contributed by atoms with Gasteiger partial charge in [0, 0.05) is 33.2 Å². The van der Waals surface area contributed by atoms with E-state index >= 15 is 0 Å². The zero-order chi connectivity index (χ0) is 34.1. The molecule has 10 aromatic rings. The molecule has 3 heterocycles. The fourth-order valence-corrected chi connectivity index (χ4v) is 9.04. The molecule has 0 atom stereocenters. The molecule has 0 spiro atoms. The summed E-state index contributed by atoms with van der Waals surface area (Å²) in [6.45, 7) is 7.70. The Labute approximate surface area is 300 Å². The van der Waals surface area contributed by atoms with E-state index in [1.54, 1.807) is 28.7 Å². The summed E-state index contributed by atoms with van der Waals surface area (Å²) >= 11 is 3.41. The van der Waals surface area contributed by atoms with Crippen LogP contribution in [-0.2, 0) is 0 Å². The predicted molar refractivity (Wildman–Crippen MR) is 212 cm³/mol. The summed E-state index contributed by atoms with van der Waals surface area (Å²) < 4.78 is 4.66. The first-order valence-corrected chi connectivity index (χ1v) is 18.0. The third kappa shape index (κ3) is 4.80. The van der Waals surface area contributed by atoms with Crippen molar-refractivity contribution in [3.8, 4) is 44.0 Å². The van der Waals surface area contributed by atoms with Gasteiger partial charge in [-0.3, -0.25) is 0 Å². The molecule has 10 rings (SSSR count). The van der Waals surface area contributed by atoms with Crippen molar-refractivity contribution in [3.05, 3.63) is 157 Å². The van der Waals surface area contributed by atoms with Gasteiger partial charge in [0.05, 0.1) is 44.1 Å². The number of hydrogen-bond acceptors (Lipinski definition) is 5. The number of aromatic nitrogens is 3. The number of thiazole rings is 2. The van der Waals surface area contributed by atoms with E-state index in [4.69, 9.17) is 16.5 Å². The number of benzene rings is 7. The van der Waals surface area contributed by atoms with E-state index in [1.807, 2.05) is 36.4 Å². The molecule has 0 fully saturated rings. The van der Waals surface area contributed by atoms with Crippen molar-refractivity contribution in [2.75, 3.05) is 0 Å². The standard InChI is InChI=1S/C44H23N5S2/c1-46-31-19-26(25-45)18-30(20-31)34-24-32(21-27-8-2-3-9-33(27)34)49-39-16-14-28(43-47-37-10-4-6-12-41(37)50-43)22-35(39)36-23-29(15-17-40(36)49)44-48-38-11-5-7-13-42(38)51-44/h2-24H. The highest BCUT2D eigenvalue weighted by molar-refractivity contribution is 7.22. The average molecular weight is 686 g/mol. The Morgan fingerprint density at radius 1 is 0.588 bits per heavy atom. The van der Waals surface area contributed by atoms with Gasteiger partial charge in [0.15, 0.2) is 5.69 Å². The van der Waals surface area contributed by atoms with Crippen LogP contribution >= 0.6 is 22.7 Å². The molecule has 0 radical (unpaired) electrons. The average Bonchev–Trinajstić information content (AvgIpc) is 3.91. The first-order chi connectivity index (χ1) is 25.1. The van der Waals surface area contributed by atoms with E-state index in [1.165, 1.54) is 9.40 Å². The topological polar surface area (TPSA) is 58.9 Å². The van der Waals surface area contributed by atoms with Crippen LogP contribution in [0.5, 0.6) is 0 Å². The molecule has 5 nitrogen and oxygen atoms in total. The Morgan fingerprint density at radius 2 is 1.20 bits per heavy atom. The zero-order valence-electron chi connectivity index (χ0n) is 26.8. The van der Waals surface area contributed by atoms with E-state index in [0.29, 0.717) is 11.3 Å². The largest absolute Gasteiger partial charge is 0.309 e. The van der Waals surface area contributed by atoms with Crippen LogP contribution < -0.4 is 0 Å². The van der Waals surface area contributed by atoms with Crippen molar-refractivity contribution < 1.29 is 0 Å². The molecule has 0 aliphatic heterocycles. The first kappa shape index (κ1) is 29.3. The van der Waals surface area contributed by atoms with Crippen molar-refractivity contribution in [3.63, 3.8) is 0 Å². The molecule has 0 amide bonds. The molecule has 0 saturated heterocycles. The minimum absolute atomic E-state index is 0.445. The van der Waals surface area contributed by atoms with Gasteiger partial charge in [-0.2, -0.15) is 5.26 Å². The Morgan fingerprint density at radius 3 is 1.80 bits per heavy atom. The van der Waals surface area contributed by atoms with Gasteiger partial charge in [0.2, 0.25) is 0 Å². The maximum absolute atomic E-state index is 9.81. The Bertz CT molecular complexity index is 2900. The summed E-state index contributed by atoms with van der Waals surface area (Å²) in [7, 11) is 0. The maximum atomic E-state index is 9.81. The minimum Gasteiger partial charge on any atom is -0.309 e. The summed E-state index contributed by atoms with van der Waals surface area (Å²) in [5, 5.41) is 16.2. The number of fused-ring (bicyclic) bond motifs is 6. The Balaban J connectivity index is 1.25. The smallest absolute Gasteiger partial charge is 0.189 e. The highest BCUT2D eigenvalue weighted by Crippen LogP contribution is 2.42. The molecule has 0 aliphatic rings. The number of para-hydroxylation sites is 2. The van der Waals surface area contributed by atoms with Crippen LogP contribution in [0.15, 0.2) is 140 Å². The lowest BCUT2D eigenvalue weighted by atomic mass is 9.95. The van der Waals surface area contributed by atoms with Gasteiger partial charge in [-0.05, 0) is 113 Å². The van der Waals surface area contributed by atoms with Crippen molar-refractivity contribution in [1.29, 1.82) is 5.26 Å². The fourth-order valence-electron chi connectivity index (χ4n) is 7.12. The Hall–Kier alpha value is -6.64. The van der Waals surface area contributed by atoms with Crippen LogP contribution in [0.2, 0.25) is 0 Å². The third-order valence-electron chi connectivity index (χ3n) is 9.44. The maximum Gasteiger partial charge on any atom is 0.189 e. The van der Waals surface area contributed by atoms with Gasteiger partial charge in [-0.15, -0.1) is 22.7 Å². The van der Waals surface area contributed by atoms with E-state index in [0.717, 1.165) is 81.6 Å². The summed E-state index contributed by atoms with van der Waals surface area (Å²) in [5.74, 6) is 0. The van der Waals surface area contributed by atoms with E-state index in [2.05, 4.69) is 113 Å². The molecule has 0 aliphatic carbocycles. The van der Waals surface area contributed by atoms with Crippen LogP contribution in [-0.4, -0.2) is 14.5 Å². The predicted octanol–water partition coefficient (Wildman–Crippen LogP) is 12.6. The molecular weight excluding hydrogens is 663 g/mol. The van der Waals surface area contributed by atoms with Crippen LogP contribution in [0.25, 0.3) is 95.8 Å².